The zero-order valence-corrected chi connectivity index (χ0v) is 10.3. The summed E-state index contributed by atoms with van der Waals surface area (Å²) in [4.78, 5) is 18.3. The second-order valence-corrected chi connectivity index (χ2v) is 4.66. The number of H-pyrrole nitrogens is 1. The van der Waals surface area contributed by atoms with Crippen molar-refractivity contribution in [3.05, 3.63) is 58.9 Å². The first-order chi connectivity index (χ1) is 9.75. The van der Waals surface area contributed by atoms with Gasteiger partial charge in [-0.25, -0.2) is 4.98 Å². The summed E-state index contributed by atoms with van der Waals surface area (Å²) in [6.07, 6.45) is 1.60. The minimum absolute atomic E-state index is 0.114. The third-order valence-electron chi connectivity index (χ3n) is 3.60. The molecule has 1 aromatic heterocycles. The smallest absolute Gasteiger partial charge is 0.277 e. The predicted octanol–water partition coefficient (Wildman–Crippen LogP) is 3.78. The minimum atomic E-state index is -0.340. The summed E-state index contributed by atoms with van der Waals surface area (Å²) in [6.45, 7) is 0. The molecular weight excluding hydrogens is 254 g/mol. The maximum atomic E-state index is 11.3. The van der Waals surface area contributed by atoms with Crippen LogP contribution < -0.4 is 0 Å². The van der Waals surface area contributed by atoms with Crippen molar-refractivity contribution >= 4 is 38.3 Å². The van der Waals surface area contributed by atoms with Crippen LogP contribution in [0.2, 0.25) is 0 Å². The highest BCUT2D eigenvalue weighted by Gasteiger charge is 2.16. The van der Waals surface area contributed by atoms with Crippen molar-refractivity contribution in [2.24, 2.45) is 0 Å². The van der Waals surface area contributed by atoms with Crippen molar-refractivity contribution in [2.75, 3.05) is 0 Å². The molecule has 0 bridgehead atoms. The molecule has 0 atom stereocenters. The fraction of sp³-hybridized carbons (Fsp3) is 0. The Morgan fingerprint density at radius 1 is 1.00 bits per heavy atom. The quantitative estimate of drug-likeness (QED) is 0.322. The van der Waals surface area contributed by atoms with Crippen LogP contribution in [-0.2, 0) is 0 Å². The molecule has 20 heavy (non-hydrogen) atoms. The molecule has 0 saturated heterocycles. The summed E-state index contributed by atoms with van der Waals surface area (Å²) >= 11 is 0. The first kappa shape index (κ1) is 10.9. The van der Waals surface area contributed by atoms with Crippen LogP contribution in [0.3, 0.4) is 0 Å². The van der Waals surface area contributed by atoms with Gasteiger partial charge in [0.05, 0.1) is 27.7 Å². The van der Waals surface area contributed by atoms with Gasteiger partial charge < -0.3 is 4.98 Å². The highest BCUT2D eigenvalue weighted by molar-refractivity contribution is 6.18. The Morgan fingerprint density at radius 2 is 1.75 bits per heavy atom. The molecule has 0 fully saturated rings. The lowest BCUT2D eigenvalue weighted by Gasteiger charge is -2.05. The molecule has 5 nitrogen and oxygen atoms in total. The van der Waals surface area contributed by atoms with Crippen molar-refractivity contribution in [2.45, 2.75) is 0 Å². The normalized spacial score (nSPS) is 11.4. The first-order valence-corrected chi connectivity index (χ1v) is 6.17. The van der Waals surface area contributed by atoms with Crippen molar-refractivity contribution < 1.29 is 4.92 Å². The average molecular weight is 263 g/mol. The Hall–Kier alpha value is -2.95. The van der Waals surface area contributed by atoms with Crippen LogP contribution in [-0.4, -0.2) is 14.9 Å². The van der Waals surface area contributed by atoms with E-state index in [1.54, 1.807) is 18.5 Å². The number of imidazole rings is 1. The predicted molar refractivity (Wildman–Crippen MR) is 77.8 cm³/mol. The fourth-order valence-electron chi connectivity index (χ4n) is 2.72. The van der Waals surface area contributed by atoms with Crippen LogP contribution in [0.5, 0.6) is 0 Å². The lowest BCUT2D eigenvalue weighted by atomic mass is 9.99. The summed E-state index contributed by atoms with van der Waals surface area (Å²) in [5, 5.41) is 14.6. The van der Waals surface area contributed by atoms with Crippen molar-refractivity contribution in [3.8, 4) is 0 Å². The summed E-state index contributed by atoms with van der Waals surface area (Å²) in [6, 6.07) is 12.9. The topological polar surface area (TPSA) is 71.8 Å². The molecule has 0 aliphatic heterocycles. The molecule has 1 N–H and O–H groups in total. The number of aromatic nitrogens is 2. The molecule has 96 valence electrons. The van der Waals surface area contributed by atoms with E-state index in [1.807, 2.05) is 30.3 Å². The van der Waals surface area contributed by atoms with Crippen LogP contribution in [0.4, 0.5) is 5.69 Å². The van der Waals surface area contributed by atoms with Crippen LogP contribution in [0.1, 0.15) is 0 Å². The van der Waals surface area contributed by atoms with Gasteiger partial charge in [0.15, 0.2) is 0 Å². The Balaban J connectivity index is 2.33. The number of hydrogen-bond acceptors (Lipinski definition) is 3. The van der Waals surface area contributed by atoms with Crippen molar-refractivity contribution in [3.63, 3.8) is 0 Å². The van der Waals surface area contributed by atoms with Gasteiger partial charge in [0.1, 0.15) is 0 Å². The third-order valence-corrected chi connectivity index (χ3v) is 3.60. The standard InChI is InChI=1S/C15H9N3O2/c19-18(20)14-7-12-10(9-3-1-2-4-11(9)14)5-6-13-15(12)17-8-16-13/h1-8H,(H,16,17). The molecule has 0 spiro atoms. The number of fused-ring (bicyclic) bond motifs is 5. The van der Waals surface area contributed by atoms with E-state index in [1.165, 1.54) is 0 Å². The van der Waals surface area contributed by atoms with E-state index >= 15 is 0 Å². The summed E-state index contributed by atoms with van der Waals surface area (Å²) in [5.41, 5.74) is 1.75. The number of nitro benzene ring substituents is 1. The van der Waals surface area contributed by atoms with Gasteiger partial charge in [-0.15, -0.1) is 0 Å². The van der Waals surface area contributed by atoms with Crippen LogP contribution in [0.25, 0.3) is 32.6 Å². The van der Waals surface area contributed by atoms with E-state index in [4.69, 9.17) is 0 Å². The number of benzene rings is 3. The van der Waals surface area contributed by atoms with Crippen LogP contribution in [0, 0.1) is 10.1 Å². The monoisotopic (exact) mass is 263 g/mol. The number of non-ortho nitro benzene ring substituents is 1. The molecule has 4 rings (SSSR count). The molecule has 5 heteroatoms. The van der Waals surface area contributed by atoms with Gasteiger partial charge >= 0.3 is 0 Å². The first-order valence-electron chi connectivity index (χ1n) is 6.17. The zero-order valence-electron chi connectivity index (χ0n) is 10.3. The SMILES string of the molecule is O=[N+]([O-])c1cc2c(ccc3[nH]cnc32)c2ccccc12. The third kappa shape index (κ3) is 1.34. The lowest BCUT2D eigenvalue weighted by molar-refractivity contribution is -0.382. The van der Waals surface area contributed by atoms with Crippen LogP contribution >= 0.6 is 0 Å². The second kappa shape index (κ2) is 3.77. The molecule has 0 radical (unpaired) electrons. The summed E-state index contributed by atoms with van der Waals surface area (Å²) in [5.74, 6) is 0. The molecule has 0 aliphatic carbocycles. The average Bonchev–Trinajstić information content (AvgIpc) is 2.94. The number of nitro groups is 1. The Kier molecular flexibility index (Phi) is 2.06. The van der Waals surface area contributed by atoms with Crippen molar-refractivity contribution in [1.82, 2.24) is 9.97 Å². The number of nitrogens with one attached hydrogen (secondary N) is 1. The van der Waals surface area contributed by atoms with Gasteiger partial charge in [0.2, 0.25) is 0 Å². The minimum Gasteiger partial charge on any atom is -0.345 e. The lowest BCUT2D eigenvalue weighted by Crippen LogP contribution is -1.91. The molecule has 0 saturated carbocycles. The maximum Gasteiger partial charge on any atom is 0.277 e. The largest absolute Gasteiger partial charge is 0.345 e. The van der Waals surface area contributed by atoms with E-state index in [0.29, 0.717) is 5.39 Å². The Labute approximate surface area is 113 Å². The summed E-state index contributed by atoms with van der Waals surface area (Å²) in [7, 11) is 0. The van der Waals surface area contributed by atoms with E-state index in [2.05, 4.69) is 9.97 Å². The number of hydrogen-bond donors (Lipinski definition) is 1. The molecule has 0 unspecified atom stereocenters. The van der Waals surface area contributed by atoms with Gasteiger partial charge in [-0.05, 0) is 22.9 Å². The highest BCUT2D eigenvalue weighted by atomic mass is 16.6. The number of aromatic amines is 1. The van der Waals surface area contributed by atoms with Gasteiger partial charge in [-0.3, -0.25) is 10.1 Å². The van der Waals surface area contributed by atoms with Crippen molar-refractivity contribution in [1.29, 1.82) is 0 Å². The molecule has 1 heterocycles. The molecule has 3 aromatic carbocycles. The highest BCUT2D eigenvalue weighted by Crippen LogP contribution is 2.35. The van der Waals surface area contributed by atoms with Gasteiger partial charge in [0, 0.05) is 11.5 Å². The van der Waals surface area contributed by atoms with E-state index in [0.717, 1.165) is 27.2 Å². The van der Waals surface area contributed by atoms with E-state index < -0.39 is 0 Å². The van der Waals surface area contributed by atoms with Crippen LogP contribution in [0.15, 0.2) is 48.8 Å². The number of nitrogens with zero attached hydrogens (tertiary/aromatic N) is 2. The summed E-state index contributed by atoms with van der Waals surface area (Å²) < 4.78 is 0. The van der Waals surface area contributed by atoms with Gasteiger partial charge in [0.25, 0.3) is 5.69 Å². The number of rotatable bonds is 1. The molecular formula is C15H9N3O2. The Morgan fingerprint density at radius 3 is 2.55 bits per heavy atom. The van der Waals surface area contributed by atoms with Gasteiger partial charge in [-0.2, -0.15) is 0 Å². The second-order valence-electron chi connectivity index (χ2n) is 4.66. The molecule has 0 amide bonds. The maximum absolute atomic E-state index is 11.3. The van der Waals surface area contributed by atoms with E-state index in [-0.39, 0.29) is 10.6 Å². The molecule has 4 aromatic rings. The van der Waals surface area contributed by atoms with Gasteiger partial charge in [-0.1, -0.05) is 24.3 Å². The zero-order chi connectivity index (χ0) is 13.7. The Bertz CT molecular complexity index is 988. The molecule has 0 aliphatic rings. The van der Waals surface area contributed by atoms with E-state index in [9.17, 15) is 10.1 Å². The fourth-order valence-corrected chi connectivity index (χ4v) is 2.72.